The number of hydrogen-bond acceptors (Lipinski definition) is 3. The number of rotatable bonds is 7. The topological polar surface area (TPSA) is 70.2 Å². The van der Waals surface area contributed by atoms with Gasteiger partial charge < -0.3 is 16.0 Å². The van der Waals surface area contributed by atoms with Gasteiger partial charge in [0.25, 0.3) is 5.91 Å². The number of amides is 2. The molecule has 0 fully saturated rings. The third kappa shape index (κ3) is 7.48. The number of halogens is 1. The van der Waals surface area contributed by atoms with Gasteiger partial charge in [-0.15, -0.1) is 0 Å². The van der Waals surface area contributed by atoms with Gasteiger partial charge >= 0.3 is 0 Å². The molecule has 23 heavy (non-hydrogen) atoms. The van der Waals surface area contributed by atoms with E-state index >= 15 is 0 Å². The summed E-state index contributed by atoms with van der Waals surface area (Å²) in [6, 6.07) is 4.92. The maximum absolute atomic E-state index is 12.2. The molecule has 1 rings (SSSR count). The molecule has 0 aliphatic heterocycles. The summed E-state index contributed by atoms with van der Waals surface area (Å²) in [6.07, 6.45) is 1.24. The van der Waals surface area contributed by atoms with Gasteiger partial charge in [-0.3, -0.25) is 9.59 Å². The summed E-state index contributed by atoms with van der Waals surface area (Å²) < 4.78 is 0. The Kier molecular flexibility index (Phi) is 7.52. The molecule has 0 saturated carbocycles. The number of carbonyl (C=O) groups excluding carboxylic acids is 2. The fourth-order valence-electron chi connectivity index (χ4n) is 2.03. The first-order chi connectivity index (χ1) is 10.7. The van der Waals surface area contributed by atoms with Crippen molar-refractivity contribution in [2.45, 2.75) is 33.6 Å². The molecule has 0 unspecified atom stereocenters. The molecule has 0 saturated heterocycles. The summed E-state index contributed by atoms with van der Waals surface area (Å²) in [5, 5.41) is 9.01. The lowest BCUT2D eigenvalue weighted by atomic mass is 9.92. The molecule has 0 atom stereocenters. The lowest BCUT2D eigenvalue weighted by Crippen LogP contribution is -2.27. The van der Waals surface area contributed by atoms with Crippen LogP contribution in [0.15, 0.2) is 18.2 Å². The van der Waals surface area contributed by atoms with E-state index in [2.05, 4.69) is 16.0 Å². The van der Waals surface area contributed by atoms with Crippen molar-refractivity contribution >= 4 is 29.1 Å². The summed E-state index contributed by atoms with van der Waals surface area (Å²) >= 11 is 6.09. The molecule has 1 aromatic rings. The summed E-state index contributed by atoms with van der Waals surface area (Å²) in [7, 11) is 1.86. The van der Waals surface area contributed by atoms with Crippen LogP contribution in [0.5, 0.6) is 0 Å². The monoisotopic (exact) mass is 339 g/mol. The van der Waals surface area contributed by atoms with Crippen molar-refractivity contribution in [3.05, 3.63) is 28.8 Å². The quantitative estimate of drug-likeness (QED) is 0.669. The van der Waals surface area contributed by atoms with Crippen molar-refractivity contribution in [1.29, 1.82) is 0 Å². The van der Waals surface area contributed by atoms with Crippen LogP contribution < -0.4 is 16.0 Å². The molecule has 2 amide bonds. The Labute approximate surface area is 143 Å². The number of hydrogen-bond donors (Lipinski definition) is 3. The van der Waals surface area contributed by atoms with Crippen molar-refractivity contribution in [2.75, 3.05) is 25.5 Å². The van der Waals surface area contributed by atoms with E-state index in [-0.39, 0.29) is 17.2 Å². The Bertz CT molecular complexity index is 553. The lowest BCUT2D eigenvalue weighted by molar-refractivity contribution is -0.117. The third-order valence-electron chi connectivity index (χ3n) is 3.07. The zero-order valence-electron chi connectivity index (χ0n) is 14.3. The van der Waals surface area contributed by atoms with E-state index in [1.165, 1.54) is 0 Å². The summed E-state index contributed by atoms with van der Waals surface area (Å²) in [6.45, 7) is 7.39. The average molecular weight is 340 g/mol. The van der Waals surface area contributed by atoms with Crippen LogP contribution in [0.25, 0.3) is 0 Å². The standard InChI is InChI=1S/C17H26ClN3O2/c1-17(2,3)11-15(22)21-12-6-7-14(18)13(10-12)16(23)20-9-5-8-19-4/h6-7,10,19H,5,8-9,11H2,1-4H3,(H,20,23)(H,21,22). The average Bonchev–Trinajstić information content (AvgIpc) is 2.43. The van der Waals surface area contributed by atoms with Crippen LogP contribution in [-0.2, 0) is 4.79 Å². The molecule has 0 heterocycles. The van der Waals surface area contributed by atoms with Gasteiger partial charge in [-0.1, -0.05) is 32.4 Å². The molecule has 3 N–H and O–H groups in total. The van der Waals surface area contributed by atoms with Crippen LogP contribution in [-0.4, -0.2) is 32.0 Å². The molecule has 0 aliphatic carbocycles. The second-order valence-electron chi connectivity index (χ2n) is 6.69. The molecule has 5 nitrogen and oxygen atoms in total. The fraction of sp³-hybridized carbons (Fsp3) is 0.529. The Morgan fingerprint density at radius 2 is 1.87 bits per heavy atom. The van der Waals surface area contributed by atoms with E-state index in [1.54, 1.807) is 18.2 Å². The second kappa shape index (κ2) is 8.89. The number of benzene rings is 1. The summed E-state index contributed by atoms with van der Waals surface area (Å²) in [5.74, 6) is -0.321. The van der Waals surface area contributed by atoms with Gasteiger partial charge in [0.15, 0.2) is 0 Å². The molecule has 1 aromatic carbocycles. The van der Waals surface area contributed by atoms with Crippen molar-refractivity contribution in [3.63, 3.8) is 0 Å². The van der Waals surface area contributed by atoms with Crippen LogP contribution in [0.3, 0.4) is 0 Å². The molecule has 0 aromatic heterocycles. The van der Waals surface area contributed by atoms with Gasteiger partial charge in [0.05, 0.1) is 10.6 Å². The summed E-state index contributed by atoms with van der Waals surface area (Å²) in [4.78, 5) is 24.2. The predicted octanol–water partition coefficient (Wildman–Crippen LogP) is 3.05. The van der Waals surface area contributed by atoms with Crippen molar-refractivity contribution in [3.8, 4) is 0 Å². The number of nitrogens with one attached hydrogen (secondary N) is 3. The maximum atomic E-state index is 12.2. The minimum absolute atomic E-state index is 0.0831. The first-order valence-corrected chi connectivity index (χ1v) is 8.13. The van der Waals surface area contributed by atoms with Gasteiger partial charge in [-0.2, -0.15) is 0 Å². The van der Waals surface area contributed by atoms with E-state index in [1.807, 2.05) is 27.8 Å². The second-order valence-corrected chi connectivity index (χ2v) is 7.10. The molecule has 0 bridgehead atoms. The predicted molar refractivity (Wildman–Crippen MR) is 95.0 cm³/mol. The smallest absolute Gasteiger partial charge is 0.252 e. The molecular formula is C17H26ClN3O2. The van der Waals surface area contributed by atoms with Crippen molar-refractivity contribution in [2.24, 2.45) is 5.41 Å². The van der Waals surface area contributed by atoms with E-state index in [0.717, 1.165) is 13.0 Å². The first kappa shape index (κ1) is 19.5. The minimum Gasteiger partial charge on any atom is -0.352 e. The van der Waals surface area contributed by atoms with E-state index in [9.17, 15) is 9.59 Å². The zero-order chi connectivity index (χ0) is 17.5. The fourth-order valence-corrected chi connectivity index (χ4v) is 2.23. The molecule has 0 aliphatic rings. The highest BCUT2D eigenvalue weighted by atomic mass is 35.5. The normalized spacial score (nSPS) is 11.2. The maximum Gasteiger partial charge on any atom is 0.252 e. The lowest BCUT2D eigenvalue weighted by Gasteiger charge is -2.17. The van der Waals surface area contributed by atoms with Gasteiger partial charge in [0.1, 0.15) is 0 Å². The molecule has 6 heteroatoms. The minimum atomic E-state index is -0.238. The Balaban J connectivity index is 2.71. The Morgan fingerprint density at radius 3 is 2.48 bits per heavy atom. The summed E-state index contributed by atoms with van der Waals surface area (Å²) in [5.41, 5.74) is 0.845. The van der Waals surface area contributed by atoms with Crippen LogP contribution in [0.4, 0.5) is 5.69 Å². The zero-order valence-corrected chi connectivity index (χ0v) is 15.0. The number of carbonyl (C=O) groups is 2. The molecule has 128 valence electrons. The largest absolute Gasteiger partial charge is 0.352 e. The van der Waals surface area contributed by atoms with Gasteiger partial charge in [0.2, 0.25) is 5.91 Å². The molecule has 0 spiro atoms. The SMILES string of the molecule is CNCCCNC(=O)c1cc(NC(=O)CC(C)(C)C)ccc1Cl. The van der Waals surface area contributed by atoms with E-state index in [0.29, 0.717) is 29.2 Å². The van der Waals surface area contributed by atoms with Gasteiger partial charge in [-0.25, -0.2) is 0 Å². The van der Waals surface area contributed by atoms with Crippen molar-refractivity contribution < 1.29 is 9.59 Å². The van der Waals surface area contributed by atoms with Crippen LogP contribution in [0.1, 0.15) is 44.0 Å². The highest BCUT2D eigenvalue weighted by molar-refractivity contribution is 6.34. The van der Waals surface area contributed by atoms with Crippen LogP contribution >= 0.6 is 11.6 Å². The van der Waals surface area contributed by atoms with Gasteiger partial charge in [-0.05, 0) is 43.6 Å². The molecule has 0 radical (unpaired) electrons. The van der Waals surface area contributed by atoms with Gasteiger partial charge in [0, 0.05) is 18.7 Å². The number of anilines is 1. The van der Waals surface area contributed by atoms with E-state index in [4.69, 9.17) is 11.6 Å². The van der Waals surface area contributed by atoms with Crippen molar-refractivity contribution in [1.82, 2.24) is 10.6 Å². The first-order valence-electron chi connectivity index (χ1n) is 7.75. The van der Waals surface area contributed by atoms with Crippen LogP contribution in [0.2, 0.25) is 5.02 Å². The third-order valence-corrected chi connectivity index (χ3v) is 3.40. The van der Waals surface area contributed by atoms with E-state index < -0.39 is 0 Å². The molecular weight excluding hydrogens is 314 g/mol. The Hall–Kier alpha value is -1.59. The highest BCUT2D eigenvalue weighted by Crippen LogP contribution is 2.23. The highest BCUT2D eigenvalue weighted by Gasteiger charge is 2.17. The van der Waals surface area contributed by atoms with Crippen LogP contribution in [0, 0.1) is 5.41 Å². The Morgan fingerprint density at radius 1 is 1.17 bits per heavy atom.